The summed E-state index contributed by atoms with van der Waals surface area (Å²) < 4.78 is 56.5. The molecular formula is C32H38F4N6O3. The third-order valence-electron chi connectivity index (χ3n) is 8.13. The first kappa shape index (κ1) is 33.7. The van der Waals surface area contributed by atoms with Crippen molar-refractivity contribution in [1.82, 2.24) is 15.2 Å². The van der Waals surface area contributed by atoms with Gasteiger partial charge in [0.05, 0.1) is 22.5 Å². The van der Waals surface area contributed by atoms with Crippen LogP contribution >= 0.6 is 0 Å². The van der Waals surface area contributed by atoms with Crippen molar-refractivity contribution < 1.29 is 27.2 Å². The number of piperazine rings is 1. The quantitative estimate of drug-likeness (QED) is 0.188. The number of aromatic nitrogens is 1. The molecule has 1 fully saturated rings. The number of halogens is 4. The van der Waals surface area contributed by atoms with Crippen LogP contribution in [-0.2, 0) is 6.18 Å². The zero-order chi connectivity index (χ0) is 32.9. The molecule has 0 unspecified atom stereocenters. The Balaban J connectivity index is 1.72. The topological polar surface area (TPSA) is 124 Å². The van der Waals surface area contributed by atoms with Gasteiger partial charge in [-0.2, -0.15) is 13.2 Å². The Kier molecular flexibility index (Phi) is 10.7. The summed E-state index contributed by atoms with van der Waals surface area (Å²) >= 11 is 0. The van der Waals surface area contributed by atoms with E-state index in [-0.39, 0.29) is 34.8 Å². The fourth-order valence-electron chi connectivity index (χ4n) is 5.40. The number of anilines is 2. The number of H-pyrrole nitrogens is 1. The van der Waals surface area contributed by atoms with Crippen molar-refractivity contribution in [2.75, 3.05) is 43.4 Å². The standard InChI is InChI=1S/C32H38F4N6O3/c1-19-17-42(18-20(2)41(19)3)28-10-8-21(23-13-22(7-9-26(23)33)30(44)38-12-6-4-5-11-37)14-27(28)40-31(45)24-16-39-29(43)15-25(24)32(34,35)36/h7-10,13-16,19-20H,4-6,11-12,17-18,37H2,1-3H3,(H,38,44)(H,39,43)(H,40,45)/t19-,20+. The maximum absolute atomic E-state index is 15.2. The van der Waals surface area contributed by atoms with Crippen LogP contribution in [0.1, 0.15) is 59.4 Å². The molecule has 0 radical (unpaired) electrons. The average molecular weight is 631 g/mol. The lowest BCUT2D eigenvalue weighted by atomic mass is 9.99. The molecule has 0 aliphatic carbocycles. The number of nitrogens with two attached hydrogens (primary N) is 1. The normalized spacial score (nSPS) is 17.3. The van der Waals surface area contributed by atoms with Gasteiger partial charge in [-0.15, -0.1) is 0 Å². The van der Waals surface area contributed by atoms with Gasteiger partial charge in [0, 0.05) is 55.1 Å². The number of hydrogen-bond acceptors (Lipinski definition) is 6. The van der Waals surface area contributed by atoms with Gasteiger partial charge in [0.2, 0.25) is 5.56 Å². The predicted octanol–water partition coefficient (Wildman–Crippen LogP) is 4.84. The first-order valence-electron chi connectivity index (χ1n) is 14.8. The summed E-state index contributed by atoms with van der Waals surface area (Å²) in [6, 6.07) is 9.31. The number of benzene rings is 2. The number of pyridine rings is 1. The second-order valence-corrected chi connectivity index (χ2v) is 11.4. The van der Waals surface area contributed by atoms with Crippen LogP contribution < -0.4 is 26.8 Å². The van der Waals surface area contributed by atoms with Crippen LogP contribution in [-0.4, -0.2) is 67.0 Å². The molecule has 4 rings (SSSR count). The number of nitrogens with zero attached hydrogens (tertiary/aromatic N) is 2. The van der Waals surface area contributed by atoms with Crippen molar-refractivity contribution in [2.45, 2.75) is 51.4 Å². The van der Waals surface area contributed by atoms with Crippen LogP contribution in [0.3, 0.4) is 0 Å². The molecule has 2 atom stereocenters. The second-order valence-electron chi connectivity index (χ2n) is 11.4. The lowest BCUT2D eigenvalue weighted by molar-refractivity contribution is -0.138. The molecule has 2 amide bonds. The highest BCUT2D eigenvalue weighted by Gasteiger charge is 2.36. The van der Waals surface area contributed by atoms with E-state index in [1.54, 1.807) is 12.1 Å². The summed E-state index contributed by atoms with van der Waals surface area (Å²) in [6.07, 6.45) is -1.78. The highest BCUT2D eigenvalue weighted by molar-refractivity contribution is 6.07. The number of carbonyl (C=O) groups excluding carboxylic acids is 2. The molecule has 0 spiro atoms. The van der Waals surface area contributed by atoms with Crippen LogP contribution in [0.25, 0.3) is 11.1 Å². The van der Waals surface area contributed by atoms with E-state index >= 15 is 4.39 Å². The first-order valence-corrected chi connectivity index (χ1v) is 14.8. The van der Waals surface area contributed by atoms with Crippen molar-refractivity contribution in [2.24, 2.45) is 5.73 Å². The zero-order valence-electron chi connectivity index (χ0n) is 25.4. The summed E-state index contributed by atoms with van der Waals surface area (Å²) in [6.45, 7) is 6.20. The summed E-state index contributed by atoms with van der Waals surface area (Å²) in [4.78, 5) is 44.1. The minimum Gasteiger partial charge on any atom is -0.367 e. The molecule has 1 saturated heterocycles. The van der Waals surface area contributed by atoms with E-state index < -0.39 is 34.6 Å². The van der Waals surface area contributed by atoms with Crippen molar-refractivity contribution in [3.63, 3.8) is 0 Å². The maximum Gasteiger partial charge on any atom is 0.417 e. The van der Waals surface area contributed by atoms with E-state index in [4.69, 9.17) is 5.73 Å². The molecular weight excluding hydrogens is 592 g/mol. The molecule has 242 valence electrons. The van der Waals surface area contributed by atoms with Gasteiger partial charge in [-0.3, -0.25) is 19.3 Å². The lowest BCUT2D eigenvalue weighted by Crippen LogP contribution is -2.55. The van der Waals surface area contributed by atoms with E-state index in [1.807, 2.05) is 25.8 Å². The number of rotatable bonds is 10. The fourth-order valence-corrected chi connectivity index (χ4v) is 5.40. The fraction of sp³-hybridized carbons (Fsp3) is 0.406. The Morgan fingerprint density at radius 1 is 1.00 bits per heavy atom. The van der Waals surface area contributed by atoms with Gasteiger partial charge in [0.15, 0.2) is 0 Å². The monoisotopic (exact) mass is 630 g/mol. The highest BCUT2D eigenvalue weighted by atomic mass is 19.4. The second kappa shape index (κ2) is 14.2. The highest BCUT2D eigenvalue weighted by Crippen LogP contribution is 2.36. The third-order valence-corrected chi connectivity index (χ3v) is 8.13. The predicted molar refractivity (Wildman–Crippen MR) is 166 cm³/mol. The van der Waals surface area contributed by atoms with E-state index in [0.717, 1.165) is 25.5 Å². The number of hydrogen-bond donors (Lipinski definition) is 4. The van der Waals surface area contributed by atoms with Crippen LogP contribution in [0.4, 0.5) is 28.9 Å². The van der Waals surface area contributed by atoms with Crippen molar-refractivity contribution in [3.8, 4) is 11.1 Å². The number of alkyl halides is 3. The number of amides is 2. The van der Waals surface area contributed by atoms with Gasteiger partial charge in [-0.25, -0.2) is 4.39 Å². The Morgan fingerprint density at radius 2 is 1.71 bits per heavy atom. The summed E-state index contributed by atoms with van der Waals surface area (Å²) in [5.41, 5.74) is 3.64. The molecule has 9 nitrogen and oxygen atoms in total. The summed E-state index contributed by atoms with van der Waals surface area (Å²) in [5.74, 6) is -2.11. The molecule has 1 aromatic heterocycles. The summed E-state index contributed by atoms with van der Waals surface area (Å²) in [7, 11) is 2.00. The lowest BCUT2D eigenvalue weighted by Gasteiger charge is -2.44. The van der Waals surface area contributed by atoms with E-state index in [1.165, 1.54) is 24.3 Å². The van der Waals surface area contributed by atoms with Crippen LogP contribution in [0.15, 0.2) is 53.5 Å². The molecule has 1 aliphatic rings. The van der Waals surface area contributed by atoms with Crippen molar-refractivity contribution in [1.29, 1.82) is 0 Å². The van der Waals surface area contributed by atoms with Gasteiger partial charge in [0.25, 0.3) is 11.8 Å². The molecule has 0 bridgehead atoms. The number of likely N-dealkylation sites (N-methyl/N-ethyl adjacent to an activating group) is 1. The number of aromatic amines is 1. The molecule has 5 N–H and O–H groups in total. The number of nitrogens with one attached hydrogen (secondary N) is 3. The first-order chi connectivity index (χ1) is 21.3. The molecule has 3 aromatic rings. The Bertz CT molecular complexity index is 1580. The Hall–Kier alpha value is -4.23. The Morgan fingerprint density at radius 3 is 2.38 bits per heavy atom. The molecule has 2 aromatic carbocycles. The molecule has 2 heterocycles. The van der Waals surface area contributed by atoms with Crippen LogP contribution in [0, 0.1) is 5.82 Å². The minimum atomic E-state index is -4.96. The van der Waals surface area contributed by atoms with E-state index in [0.29, 0.717) is 43.5 Å². The van der Waals surface area contributed by atoms with E-state index in [9.17, 15) is 27.6 Å². The van der Waals surface area contributed by atoms with Gasteiger partial charge in [0.1, 0.15) is 5.82 Å². The zero-order valence-corrected chi connectivity index (χ0v) is 25.4. The van der Waals surface area contributed by atoms with Crippen molar-refractivity contribution in [3.05, 3.63) is 81.5 Å². The Labute approximate surface area is 258 Å². The number of unbranched alkanes of at least 4 members (excludes halogenated alkanes) is 2. The van der Waals surface area contributed by atoms with Crippen molar-refractivity contribution >= 4 is 23.2 Å². The maximum atomic E-state index is 15.2. The van der Waals surface area contributed by atoms with Crippen LogP contribution in [0.2, 0.25) is 0 Å². The molecule has 45 heavy (non-hydrogen) atoms. The minimum absolute atomic E-state index is 0.0768. The number of carbonyl (C=O) groups is 2. The molecule has 0 saturated carbocycles. The van der Waals surface area contributed by atoms with Crippen LogP contribution in [0.5, 0.6) is 0 Å². The van der Waals surface area contributed by atoms with Gasteiger partial charge in [-0.05, 0) is 76.2 Å². The third kappa shape index (κ3) is 8.08. The smallest absolute Gasteiger partial charge is 0.367 e. The van der Waals surface area contributed by atoms with Gasteiger partial charge >= 0.3 is 6.18 Å². The average Bonchev–Trinajstić information content (AvgIpc) is 2.99. The summed E-state index contributed by atoms with van der Waals surface area (Å²) in [5, 5.41) is 5.39. The molecule has 1 aliphatic heterocycles. The van der Waals surface area contributed by atoms with Gasteiger partial charge < -0.3 is 26.3 Å². The SMILES string of the molecule is C[C@@H]1CN(c2ccc(-c3cc(C(=O)NCCCCCN)ccc3F)cc2NC(=O)c2c[nH]c(=O)cc2C(F)(F)F)C[C@H](C)N1C. The largest absolute Gasteiger partial charge is 0.417 e. The molecule has 13 heteroatoms. The van der Waals surface area contributed by atoms with Gasteiger partial charge in [-0.1, -0.05) is 12.5 Å². The van der Waals surface area contributed by atoms with E-state index in [2.05, 4.69) is 20.5 Å².